The van der Waals surface area contributed by atoms with Crippen LogP contribution in [0.3, 0.4) is 0 Å². The molecule has 0 aliphatic heterocycles. The van der Waals surface area contributed by atoms with Crippen LogP contribution < -0.4 is 15.4 Å². The highest BCUT2D eigenvalue weighted by Crippen LogP contribution is 2.25. The second kappa shape index (κ2) is 8.54. The van der Waals surface area contributed by atoms with Crippen molar-refractivity contribution in [2.45, 2.75) is 6.92 Å². The normalized spacial score (nSPS) is 10.2. The van der Waals surface area contributed by atoms with Gasteiger partial charge in [-0.3, -0.25) is 14.6 Å². The number of nitrogens with one attached hydrogen (secondary N) is 2. The van der Waals surface area contributed by atoms with Gasteiger partial charge in [0.15, 0.2) is 0 Å². The largest absolute Gasteiger partial charge is 0.495 e. The lowest BCUT2D eigenvalue weighted by Crippen LogP contribution is -2.16. The molecule has 0 unspecified atom stereocenters. The van der Waals surface area contributed by atoms with Gasteiger partial charge in [0.1, 0.15) is 5.75 Å². The molecule has 0 aliphatic rings. The summed E-state index contributed by atoms with van der Waals surface area (Å²) in [5.74, 6) is -0.242. The van der Waals surface area contributed by atoms with Gasteiger partial charge in [-0.05, 0) is 48.9 Å². The minimum atomic E-state index is -0.395. The molecule has 7 heteroatoms. The number of carbonyl (C=O) groups is 2. The van der Waals surface area contributed by atoms with Crippen LogP contribution in [0, 0.1) is 6.92 Å². The summed E-state index contributed by atoms with van der Waals surface area (Å²) in [6, 6.07) is 13.7. The zero-order valence-electron chi connectivity index (χ0n) is 15.3. The number of pyridine rings is 1. The fourth-order valence-electron chi connectivity index (χ4n) is 2.57. The first-order valence-corrected chi connectivity index (χ1v) is 8.82. The molecule has 2 N–H and O–H groups in total. The maximum atomic E-state index is 12.6. The molecule has 0 atom stereocenters. The lowest BCUT2D eigenvalue weighted by Gasteiger charge is -2.11. The molecule has 3 rings (SSSR count). The van der Waals surface area contributed by atoms with Crippen molar-refractivity contribution in [3.8, 4) is 5.75 Å². The van der Waals surface area contributed by atoms with Crippen LogP contribution in [-0.2, 0) is 0 Å². The number of methoxy groups -OCH3 is 1. The van der Waals surface area contributed by atoms with Crippen molar-refractivity contribution in [2.24, 2.45) is 0 Å². The molecule has 6 nitrogen and oxygen atoms in total. The third-order valence-corrected chi connectivity index (χ3v) is 4.18. The van der Waals surface area contributed by atoms with Crippen molar-refractivity contribution < 1.29 is 14.3 Å². The Balaban J connectivity index is 1.78. The van der Waals surface area contributed by atoms with E-state index in [1.807, 2.05) is 13.0 Å². The van der Waals surface area contributed by atoms with Crippen molar-refractivity contribution in [1.29, 1.82) is 0 Å². The van der Waals surface area contributed by atoms with E-state index in [1.165, 1.54) is 25.6 Å². The Kier molecular flexibility index (Phi) is 5.91. The molecule has 0 fully saturated rings. The molecule has 28 heavy (non-hydrogen) atoms. The van der Waals surface area contributed by atoms with E-state index in [0.717, 1.165) is 5.56 Å². The molecule has 1 heterocycles. The van der Waals surface area contributed by atoms with E-state index in [1.54, 1.807) is 36.4 Å². The van der Waals surface area contributed by atoms with Crippen LogP contribution in [0.1, 0.15) is 26.3 Å². The third kappa shape index (κ3) is 4.66. The maximum Gasteiger partial charge on any atom is 0.257 e. The Morgan fingerprint density at radius 3 is 2.36 bits per heavy atom. The minimum absolute atomic E-state index is 0.252. The van der Waals surface area contributed by atoms with Crippen LogP contribution in [0.2, 0.25) is 5.02 Å². The van der Waals surface area contributed by atoms with Gasteiger partial charge in [0.05, 0.1) is 23.9 Å². The van der Waals surface area contributed by atoms with Crippen LogP contribution >= 0.6 is 11.6 Å². The van der Waals surface area contributed by atoms with Crippen LogP contribution in [-0.4, -0.2) is 23.9 Å². The molecule has 0 spiro atoms. The van der Waals surface area contributed by atoms with Crippen molar-refractivity contribution in [3.63, 3.8) is 0 Å². The number of ether oxygens (including phenoxy) is 1. The Hall–Kier alpha value is -3.38. The Labute approximate surface area is 167 Å². The fourth-order valence-corrected chi connectivity index (χ4v) is 2.76. The SMILES string of the molecule is COc1ccc(C)cc1NC(=O)c1cncc(C(=O)Nc2cccc(Cl)c2)c1. The van der Waals surface area contributed by atoms with Crippen LogP contribution in [0.25, 0.3) is 0 Å². The predicted octanol–water partition coefficient (Wildman–Crippen LogP) is 4.56. The quantitative estimate of drug-likeness (QED) is 0.663. The first-order chi connectivity index (χ1) is 13.5. The summed E-state index contributed by atoms with van der Waals surface area (Å²) in [5.41, 5.74) is 2.58. The molecule has 0 radical (unpaired) electrons. The number of aromatic nitrogens is 1. The van der Waals surface area contributed by atoms with Crippen molar-refractivity contribution in [1.82, 2.24) is 4.98 Å². The molecule has 2 amide bonds. The highest BCUT2D eigenvalue weighted by atomic mass is 35.5. The van der Waals surface area contributed by atoms with Crippen LogP contribution in [0.5, 0.6) is 5.75 Å². The topological polar surface area (TPSA) is 80.3 Å². The number of hydrogen-bond donors (Lipinski definition) is 2. The van der Waals surface area contributed by atoms with Gasteiger partial charge in [-0.15, -0.1) is 0 Å². The van der Waals surface area contributed by atoms with Gasteiger partial charge in [-0.1, -0.05) is 23.7 Å². The fraction of sp³-hybridized carbons (Fsp3) is 0.0952. The Morgan fingerprint density at radius 1 is 0.964 bits per heavy atom. The Bertz CT molecular complexity index is 1040. The molecule has 0 bridgehead atoms. The second-order valence-electron chi connectivity index (χ2n) is 6.08. The number of aryl methyl sites for hydroxylation is 1. The maximum absolute atomic E-state index is 12.6. The number of amides is 2. The van der Waals surface area contributed by atoms with Crippen LogP contribution in [0.4, 0.5) is 11.4 Å². The number of nitrogens with zero attached hydrogens (tertiary/aromatic N) is 1. The van der Waals surface area contributed by atoms with Crippen molar-refractivity contribution in [2.75, 3.05) is 17.7 Å². The van der Waals surface area contributed by atoms with Gasteiger partial charge < -0.3 is 15.4 Å². The number of rotatable bonds is 5. The summed E-state index contributed by atoms with van der Waals surface area (Å²) >= 11 is 5.93. The summed E-state index contributed by atoms with van der Waals surface area (Å²) in [6.07, 6.45) is 2.79. The molecular weight excluding hydrogens is 378 g/mol. The number of benzene rings is 2. The van der Waals surface area contributed by atoms with Gasteiger partial charge >= 0.3 is 0 Å². The molecule has 0 saturated heterocycles. The van der Waals surface area contributed by atoms with E-state index in [0.29, 0.717) is 22.1 Å². The summed E-state index contributed by atoms with van der Waals surface area (Å²) in [7, 11) is 1.53. The van der Waals surface area contributed by atoms with Gasteiger partial charge in [-0.25, -0.2) is 0 Å². The van der Waals surface area contributed by atoms with E-state index in [9.17, 15) is 9.59 Å². The molecule has 3 aromatic rings. The highest BCUT2D eigenvalue weighted by Gasteiger charge is 2.14. The monoisotopic (exact) mass is 395 g/mol. The van der Waals surface area contributed by atoms with Crippen molar-refractivity contribution >= 4 is 34.8 Å². The zero-order valence-corrected chi connectivity index (χ0v) is 16.1. The van der Waals surface area contributed by atoms with E-state index in [4.69, 9.17) is 16.3 Å². The summed E-state index contributed by atoms with van der Waals surface area (Å²) in [6.45, 7) is 1.91. The van der Waals surface area contributed by atoms with Gasteiger partial charge in [-0.2, -0.15) is 0 Å². The average Bonchev–Trinajstić information content (AvgIpc) is 2.68. The summed E-state index contributed by atoms with van der Waals surface area (Å²) < 4.78 is 5.27. The molecular formula is C21H18ClN3O3. The number of halogens is 1. The number of carbonyl (C=O) groups excluding carboxylic acids is 2. The molecule has 142 valence electrons. The van der Waals surface area contributed by atoms with Gasteiger partial charge in [0, 0.05) is 23.1 Å². The zero-order chi connectivity index (χ0) is 20.1. The third-order valence-electron chi connectivity index (χ3n) is 3.95. The minimum Gasteiger partial charge on any atom is -0.495 e. The summed E-state index contributed by atoms with van der Waals surface area (Å²) in [4.78, 5) is 29.1. The van der Waals surface area contributed by atoms with E-state index in [-0.39, 0.29) is 11.1 Å². The molecule has 1 aromatic heterocycles. The van der Waals surface area contributed by atoms with Crippen molar-refractivity contribution in [3.05, 3.63) is 82.6 Å². The standard InChI is InChI=1S/C21H18ClN3O3/c1-13-6-7-19(28-2)18(8-13)25-21(27)15-9-14(11-23-12-15)20(26)24-17-5-3-4-16(22)10-17/h3-12H,1-2H3,(H,24,26)(H,25,27). The second-order valence-corrected chi connectivity index (χ2v) is 6.52. The van der Waals surface area contributed by atoms with Crippen LogP contribution in [0.15, 0.2) is 60.9 Å². The molecule has 0 saturated carbocycles. The average molecular weight is 396 g/mol. The van der Waals surface area contributed by atoms with Gasteiger partial charge in [0.2, 0.25) is 0 Å². The Morgan fingerprint density at radius 2 is 1.68 bits per heavy atom. The first kappa shape index (κ1) is 19.4. The lowest BCUT2D eigenvalue weighted by atomic mass is 10.1. The van der Waals surface area contributed by atoms with E-state index < -0.39 is 11.8 Å². The number of anilines is 2. The smallest absolute Gasteiger partial charge is 0.257 e. The first-order valence-electron chi connectivity index (χ1n) is 8.44. The van der Waals surface area contributed by atoms with Gasteiger partial charge in [0.25, 0.3) is 11.8 Å². The number of hydrogen-bond acceptors (Lipinski definition) is 4. The predicted molar refractivity (Wildman–Crippen MR) is 109 cm³/mol. The van der Waals surface area contributed by atoms with E-state index >= 15 is 0 Å². The molecule has 0 aliphatic carbocycles. The molecule has 2 aromatic carbocycles. The summed E-state index contributed by atoms with van der Waals surface area (Å²) in [5, 5.41) is 6.02. The van der Waals surface area contributed by atoms with E-state index in [2.05, 4.69) is 15.6 Å². The highest BCUT2D eigenvalue weighted by molar-refractivity contribution is 6.31. The lowest BCUT2D eigenvalue weighted by molar-refractivity contribution is 0.102.